The average molecular weight is 234 g/mol. The number of aliphatic hydroxyl groups excluding tert-OH is 1. The summed E-state index contributed by atoms with van der Waals surface area (Å²) >= 11 is 1.80. The standard InChI is InChI=1S/C14H18OS/c1-10-7-11(2)9-12(8-10)16-14-6-4-3-5-13(14)15/h3-4,7-9,13-15H,5-6H2,1-2H3/t13-,14-/m0/s1. The van der Waals surface area contributed by atoms with Crippen LogP contribution in [0.4, 0.5) is 0 Å². The first-order valence-electron chi connectivity index (χ1n) is 5.73. The van der Waals surface area contributed by atoms with Gasteiger partial charge in [0.1, 0.15) is 0 Å². The lowest BCUT2D eigenvalue weighted by molar-refractivity contribution is 0.170. The molecule has 1 aromatic carbocycles. The Kier molecular flexibility index (Phi) is 3.72. The molecule has 1 nitrogen and oxygen atoms in total. The van der Waals surface area contributed by atoms with Crippen molar-refractivity contribution in [3.63, 3.8) is 0 Å². The third-order valence-electron chi connectivity index (χ3n) is 2.82. The largest absolute Gasteiger partial charge is 0.392 e. The Bertz CT molecular complexity index is 377. The highest BCUT2D eigenvalue weighted by atomic mass is 32.2. The summed E-state index contributed by atoms with van der Waals surface area (Å²) in [6, 6.07) is 6.58. The van der Waals surface area contributed by atoms with Gasteiger partial charge in [0.05, 0.1) is 6.10 Å². The van der Waals surface area contributed by atoms with Crippen LogP contribution in [0.2, 0.25) is 0 Å². The predicted molar refractivity (Wildman–Crippen MR) is 69.9 cm³/mol. The molecule has 1 aliphatic carbocycles. The molecule has 0 bridgehead atoms. The molecule has 1 aromatic rings. The van der Waals surface area contributed by atoms with E-state index in [4.69, 9.17) is 0 Å². The molecular weight excluding hydrogens is 216 g/mol. The smallest absolute Gasteiger partial charge is 0.0699 e. The third kappa shape index (κ3) is 2.89. The van der Waals surface area contributed by atoms with Gasteiger partial charge in [-0.05, 0) is 49.9 Å². The van der Waals surface area contributed by atoms with Gasteiger partial charge < -0.3 is 5.11 Å². The van der Waals surface area contributed by atoms with Gasteiger partial charge >= 0.3 is 0 Å². The number of rotatable bonds is 2. The summed E-state index contributed by atoms with van der Waals surface area (Å²) < 4.78 is 0. The van der Waals surface area contributed by atoms with Crippen LogP contribution in [-0.4, -0.2) is 16.5 Å². The van der Waals surface area contributed by atoms with Crippen molar-refractivity contribution in [1.29, 1.82) is 0 Å². The minimum Gasteiger partial charge on any atom is -0.392 e. The van der Waals surface area contributed by atoms with Gasteiger partial charge in [-0.25, -0.2) is 0 Å². The Balaban J connectivity index is 2.11. The van der Waals surface area contributed by atoms with Gasteiger partial charge in [-0.2, -0.15) is 0 Å². The first-order chi connectivity index (χ1) is 7.65. The molecule has 16 heavy (non-hydrogen) atoms. The third-order valence-corrected chi connectivity index (χ3v) is 4.14. The van der Waals surface area contributed by atoms with Crippen molar-refractivity contribution in [2.75, 3.05) is 0 Å². The molecule has 86 valence electrons. The van der Waals surface area contributed by atoms with Crippen LogP contribution >= 0.6 is 11.8 Å². The van der Waals surface area contributed by atoms with Crippen molar-refractivity contribution < 1.29 is 5.11 Å². The molecule has 2 atom stereocenters. The second-order valence-electron chi connectivity index (χ2n) is 4.49. The monoisotopic (exact) mass is 234 g/mol. The highest BCUT2D eigenvalue weighted by molar-refractivity contribution is 8.00. The van der Waals surface area contributed by atoms with Crippen LogP contribution < -0.4 is 0 Å². The fraction of sp³-hybridized carbons (Fsp3) is 0.429. The van der Waals surface area contributed by atoms with Gasteiger partial charge in [-0.3, -0.25) is 0 Å². The maximum absolute atomic E-state index is 9.90. The molecule has 0 saturated heterocycles. The number of hydrogen-bond donors (Lipinski definition) is 1. The van der Waals surface area contributed by atoms with Crippen molar-refractivity contribution in [2.24, 2.45) is 0 Å². The fourth-order valence-corrected chi connectivity index (χ4v) is 3.41. The van der Waals surface area contributed by atoms with E-state index in [1.54, 1.807) is 11.8 Å². The number of benzene rings is 1. The van der Waals surface area contributed by atoms with Crippen molar-refractivity contribution >= 4 is 11.8 Å². The van der Waals surface area contributed by atoms with Gasteiger partial charge in [-0.15, -0.1) is 11.8 Å². The van der Waals surface area contributed by atoms with E-state index in [-0.39, 0.29) is 6.10 Å². The number of hydrogen-bond acceptors (Lipinski definition) is 2. The SMILES string of the molecule is Cc1cc(C)cc(S[C@H]2CC=CC[C@@H]2O)c1. The maximum Gasteiger partial charge on any atom is 0.0699 e. The molecule has 0 unspecified atom stereocenters. The van der Waals surface area contributed by atoms with E-state index in [1.807, 2.05) is 0 Å². The lowest BCUT2D eigenvalue weighted by Gasteiger charge is -2.23. The summed E-state index contributed by atoms with van der Waals surface area (Å²) in [4.78, 5) is 1.27. The minimum absolute atomic E-state index is 0.198. The highest BCUT2D eigenvalue weighted by Crippen LogP contribution is 2.32. The summed E-state index contributed by atoms with van der Waals surface area (Å²) in [5, 5.41) is 10.2. The number of allylic oxidation sites excluding steroid dienone is 1. The summed E-state index contributed by atoms with van der Waals surface area (Å²) in [7, 11) is 0. The van der Waals surface area contributed by atoms with E-state index >= 15 is 0 Å². The van der Waals surface area contributed by atoms with Crippen LogP contribution in [0.15, 0.2) is 35.2 Å². The van der Waals surface area contributed by atoms with Crippen molar-refractivity contribution in [3.05, 3.63) is 41.5 Å². The molecule has 1 N–H and O–H groups in total. The molecule has 0 aliphatic heterocycles. The lowest BCUT2D eigenvalue weighted by Crippen LogP contribution is -2.24. The summed E-state index contributed by atoms with van der Waals surface area (Å²) in [5.74, 6) is 0. The second kappa shape index (κ2) is 5.07. The van der Waals surface area contributed by atoms with Crippen molar-refractivity contribution in [1.82, 2.24) is 0 Å². The van der Waals surface area contributed by atoms with Crippen LogP contribution in [0, 0.1) is 13.8 Å². The molecular formula is C14H18OS. The maximum atomic E-state index is 9.90. The summed E-state index contributed by atoms with van der Waals surface area (Å²) in [6.07, 6.45) is 5.81. The minimum atomic E-state index is -0.198. The normalized spacial score (nSPS) is 24.7. The molecule has 0 aromatic heterocycles. The first kappa shape index (κ1) is 11.7. The molecule has 0 heterocycles. The van der Waals surface area contributed by atoms with Gasteiger partial charge in [0, 0.05) is 10.1 Å². The van der Waals surface area contributed by atoms with E-state index in [1.165, 1.54) is 16.0 Å². The highest BCUT2D eigenvalue weighted by Gasteiger charge is 2.21. The van der Waals surface area contributed by atoms with E-state index in [2.05, 4.69) is 44.2 Å². The quantitative estimate of drug-likeness (QED) is 0.791. The van der Waals surface area contributed by atoms with Crippen LogP contribution in [0.5, 0.6) is 0 Å². The van der Waals surface area contributed by atoms with Gasteiger partial charge in [0.25, 0.3) is 0 Å². The zero-order chi connectivity index (χ0) is 11.5. The van der Waals surface area contributed by atoms with E-state index in [0.29, 0.717) is 5.25 Å². The van der Waals surface area contributed by atoms with Crippen molar-refractivity contribution in [3.8, 4) is 0 Å². The number of aryl methyl sites for hydroxylation is 2. The molecule has 1 aliphatic rings. The second-order valence-corrected chi connectivity index (χ2v) is 5.80. The molecule has 2 rings (SSSR count). The van der Waals surface area contributed by atoms with Crippen LogP contribution in [-0.2, 0) is 0 Å². The molecule has 0 spiro atoms. The van der Waals surface area contributed by atoms with Crippen molar-refractivity contribution in [2.45, 2.75) is 42.9 Å². The summed E-state index contributed by atoms with van der Waals surface area (Å²) in [5.41, 5.74) is 2.59. The zero-order valence-corrected chi connectivity index (χ0v) is 10.6. The number of thioether (sulfide) groups is 1. The van der Waals surface area contributed by atoms with Gasteiger partial charge in [0.2, 0.25) is 0 Å². The first-order valence-corrected chi connectivity index (χ1v) is 6.61. The van der Waals surface area contributed by atoms with Crippen LogP contribution in [0.1, 0.15) is 24.0 Å². The Morgan fingerprint density at radius 1 is 1.06 bits per heavy atom. The van der Waals surface area contributed by atoms with Crippen LogP contribution in [0.25, 0.3) is 0 Å². The lowest BCUT2D eigenvalue weighted by atomic mass is 10.0. The van der Waals surface area contributed by atoms with Gasteiger partial charge in [0.15, 0.2) is 0 Å². The Morgan fingerprint density at radius 2 is 1.69 bits per heavy atom. The average Bonchev–Trinajstić information content (AvgIpc) is 2.20. The fourth-order valence-electron chi connectivity index (χ4n) is 2.08. The topological polar surface area (TPSA) is 20.2 Å². The molecule has 0 amide bonds. The Morgan fingerprint density at radius 3 is 2.31 bits per heavy atom. The number of aliphatic hydroxyl groups is 1. The molecule has 0 saturated carbocycles. The van der Waals surface area contributed by atoms with E-state index < -0.39 is 0 Å². The molecule has 2 heteroatoms. The molecule has 0 fully saturated rings. The Hall–Kier alpha value is -0.730. The predicted octanol–water partition coefficient (Wildman–Crippen LogP) is 3.48. The summed E-state index contributed by atoms with van der Waals surface area (Å²) in [6.45, 7) is 4.24. The van der Waals surface area contributed by atoms with E-state index in [0.717, 1.165) is 12.8 Å². The Labute approximate surface area is 102 Å². The van der Waals surface area contributed by atoms with E-state index in [9.17, 15) is 5.11 Å². The zero-order valence-electron chi connectivity index (χ0n) is 9.81. The van der Waals surface area contributed by atoms with Crippen LogP contribution in [0.3, 0.4) is 0 Å². The van der Waals surface area contributed by atoms with Gasteiger partial charge in [-0.1, -0.05) is 18.2 Å². The molecule has 0 radical (unpaired) electrons.